The van der Waals surface area contributed by atoms with E-state index in [0.717, 1.165) is 32.5 Å². The number of hydrogen-bond donors (Lipinski definition) is 1. The molecule has 0 spiro atoms. The molecule has 3 rings (SSSR count). The van der Waals surface area contributed by atoms with Crippen LogP contribution < -0.4 is 5.32 Å². The molecule has 1 aliphatic carbocycles. The first-order valence-electron chi connectivity index (χ1n) is 9.23. The van der Waals surface area contributed by atoms with E-state index in [1.807, 2.05) is 25.7 Å². The van der Waals surface area contributed by atoms with Gasteiger partial charge in [0, 0.05) is 31.8 Å². The highest BCUT2D eigenvalue weighted by Gasteiger charge is 2.57. The number of rotatable bonds is 4. The Labute approximate surface area is 140 Å². The third-order valence-electron chi connectivity index (χ3n) is 5.25. The van der Waals surface area contributed by atoms with Gasteiger partial charge in [-0.15, -0.1) is 0 Å². The van der Waals surface area contributed by atoms with E-state index < -0.39 is 5.60 Å². The smallest absolute Gasteiger partial charge is 0.410 e. The number of nitrogens with zero attached hydrogens (tertiary/aromatic N) is 1. The Morgan fingerprint density at radius 2 is 2.00 bits per heavy atom. The normalized spacial score (nSPS) is 36.7. The zero-order chi connectivity index (χ0) is 16.6. The van der Waals surface area contributed by atoms with Crippen molar-refractivity contribution < 1.29 is 14.3 Å². The van der Waals surface area contributed by atoms with Crippen LogP contribution in [0.1, 0.15) is 53.4 Å². The van der Waals surface area contributed by atoms with Crippen LogP contribution in [0.25, 0.3) is 0 Å². The summed E-state index contributed by atoms with van der Waals surface area (Å²) in [5, 5.41) is 3.83. The second kappa shape index (κ2) is 6.60. The number of hydrogen-bond acceptors (Lipinski definition) is 4. The molecular weight excluding hydrogens is 292 g/mol. The average molecular weight is 324 g/mol. The summed E-state index contributed by atoms with van der Waals surface area (Å²) in [6.07, 6.45) is 4.89. The van der Waals surface area contributed by atoms with Crippen LogP contribution in [0.2, 0.25) is 0 Å². The molecule has 3 fully saturated rings. The van der Waals surface area contributed by atoms with E-state index in [9.17, 15) is 4.79 Å². The third kappa shape index (κ3) is 4.18. The number of fused-ring (bicyclic) bond motifs is 1. The van der Waals surface area contributed by atoms with Gasteiger partial charge in [-0.3, -0.25) is 0 Å². The Balaban J connectivity index is 1.41. The highest BCUT2D eigenvalue weighted by atomic mass is 16.6. The molecule has 3 aliphatic rings. The molecule has 0 aromatic rings. The van der Waals surface area contributed by atoms with Gasteiger partial charge in [0.05, 0.1) is 6.10 Å². The number of piperidine rings is 1. The van der Waals surface area contributed by atoms with Crippen LogP contribution in [-0.2, 0) is 9.47 Å². The molecule has 0 bridgehead atoms. The second-order valence-electron chi connectivity index (χ2n) is 8.41. The fourth-order valence-corrected chi connectivity index (χ4v) is 4.08. The molecule has 5 nitrogen and oxygen atoms in total. The van der Waals surface area contributed by atoms with Crippen molar-refractivity contribution in [3.63, 3.8) is 0 Å². The monoisotopic (exact) mass is 324 g/mol. The molecule has 5 heteroatoms. The number of carbonyl (C=O) groups is 1. The van der Waals surface area contributed by atoms with Crippen LogP contribution in [0.5, 0.6) is 0 Å². The van der Waals surface area contributed by atoms with Crippen LogP contribution in [0.15, 0.2) is 0 Å². The summed E-state index contributed by atoms with van der Waals surface area (Å²) in [6.45, 7) is 10.6. The van der Waals surface area contributed by atoms with Gasteiger partial charge in [-0.1, -0.05) is 13.3 Å². The molecule has 132 valence electrons. The van der Waals surface area contributed by atoms with E-state index in [4.69, 9.17) is 9.47 Å². The van der Waals surface area contributed by atoms with Gasteiger partial charge in [-0.25, -0.2) is 4.79 Å². The maximum Gasteiger partial charge on any atom is 0.410 e. The van der Waals surface area contributed by atoms with E-state index in [1.165, 1.54) is 12.8 Å². The highest BCUT2D eigenvalue weighted by Crippen LogP contribution is 2.46. The second-order valence-corrected chi connectivity index (χ2v) is 8.41. The lowest BCUT2D eigenvalue weighted by molar-refractivity contribution is -0.00429. The van der Waals surface area contributed by atoms with Gasteiger partial charge in [0.2, 0.25) is 0 Å². The summed E-state index contributed by atoms with van der Waals surface area (Å²) in [5.74, 6) is 1.24. The Kier molecular flexibility index (Phi) is 4.88. The van der Waals surface area contributed by atoms with Crippen molar-refractivity contribution in [3.8, 4) is 0 Å². The predicted octanol–water partition coefficient (Wildman–Crippen LogP) is 2.79. The zero-order valence-corrected chi connectivity index (χ0v) is 15.0. The molecule has 2 aliphatic heterocycles. The van der Waals surface area contributed by atoms with Gasteiger partial charge in [0.1, 0.15) is 5.60 Å². The Hall–Kier alpha value is -0.810. The molecule has 1 saturated carbocycles. The number of amides is 1. The van der Waals surface area contributed by atoms with E-state index in [0.29, 0.717) is 30.0 Å². The molecular formula is C18H32N2O3. The molecule has 4 unspecified atom stereocenters. The molecule has 4 atom stereocenters. The van der Waals surface area contributed by atoms with Gasteiger partial charge in [0.15, 0.2) is 0 Å². The van der Waals surface area contributed by atoms with Crippen molar-refractivity contribution in [2.24, 2.45) is 11.8 Å². The summed E-state index contributed by atoms with van der Waals surface area (Å²) in [7, 11) is 0. The molecule has 0 aromatic heterocycles. The Morgan fingerprint density at radius 3 is 2.61 bits per heavy atom. The lowest BCUT2D eigenvalue weighted by Gasteiger charge is -2.31. The number of ether oxygens (including phenoxy) is 2. The summed E-state index contributed by atoms with van der Waals surface area (Å²) in [4.78, 5) is 14.0. The van der Waals surface area contributed by atoms with Crippen LogP contribution >= 0.6 is 0 Å². The molecule has 1 amide bonds. The van der Waals surface area contributed by atoms with Gasteiger partial charge >= 0.3 is 6.09 Å². The third-order valence-corrected chi connectivity index (χ3v) is 5.25. The minimum absolute atomic E-state index is 0.155. The fourth-order valence-electron chi connectivity index (χ4n) is 4.08. The molecule has 2 saturated heterocycles. The van der Waals surface area contributed by atoms with E-state index in [2.05, 4.69) is 12.2 Å². The maximum absolute atomic E-state index is 12.1. The Bertz CT molecular complexity index is 420. The van der Waals surface area contributed by atoms with Crippen molar-refractivity contribution in [2.45, 2.75) is 77.2 Å². The number of carbonyl (C=O) groups excluding carboxylic acids is 1. The fraction of sp³-hybridized carbons (Fsp3) is 0.944. The van der Waals surface area contributed by atoms with Crippen LogP contribution in [0, 0.1) is 11.8 Å². The SMILES string of the molecule is CCCC1CC(NC2C3CN(C(=O)OC(C)(C)C)CC32)CCO1. The summed E-state index contributed by atoms with van der Waals surface area (Å²) < 4.78 is 11.3. The first-order valence-corrected chi connectivity index (χ1v) is 9.23. The average Bonchev–Trinajstić information content (AvgIpc) is 2.91. The minimum atomic E-state index is -0.405. The van der Waals surface area contributed by atoms with Crippen LogP contribution in [0.3, 0.4) is 0 Å². The predicted molar refractivity (Wildman–Crippen MR) is 89.4 cm³/mol. The van der Waals surface area contributed by atoms with Gasteiger partial charge in [-0.2, -0.15) is 0 Å². The summed E-state index contributed by atoms with van der Waals surface area (Å²) >= 11 is 0. The van der Waals surface area contributed by atoms with Gasteiger partial charge < -0.3 is 19.7 Å². The topological polar surface area (TPSA) is 50.8 Å². The van der Waals surface area contributed by atoms with E-state index >= 15 is 0 Å². The molecule has 1 N–H and O–H groups in total. The first-order chi connectivity index (χ1) is 10.9. The number of nitrogens with one attached hydrogen (secondary N) is 1. The van der Waals surface area contributed by atoms with Gasteiger partial charge in [0.25, 0.3) is 0 Å². The highest BCUT2D eigenvalue weighted by molar-refractivity contribution is 5.69. The van der Waals surface area contributed by atoms with Crippen molar-refractivity contribution in [1.29, 1.82) is 0 Å². The van der Waals surface area contributed by atoms with E-state index in [1.54, 1.807) is 0 Å². The Morgan fingerprint density at radius 1 is 1.30 bits per heavy atom. The lowest BCUT2D eigenvalue weighted by Crippen LogP contribution is -2.44. The van der Waals surface area contributed by atoms with Crippen molar-refractivity contribution in [2.75, 3.05) is 19.7 Å². The van der Waals surface area contributed by atoms with E-state index in [-0.39, 0.29) is 6.09 Å². The first kappa shape index (κ1) is 17.0. The van der Waals surface area contributed by atoms with Crippen molar-refractivity contribution in [3.05, 3.63) is 0 Å². The van der Waals surface area contributed by atoms with Crippen molar-refractivity contribution >= 4 is 6.09 Å². The van der Waals surface area contributed by atoms with Crippen LogP contribution in [0.4, 0.5) is 4.79 Å². The molecule has 2 heterocycles. The van der Waals surface area contributed by atoms with Crippen LogP contribution in [-0.4, -0.2) is 54.5 Å². The van der Waals surface area contributed by atoms with Gasteiger partial charge in [-0.05, 0) is 51.9 Å². The lowest BCUT2D eigenvalue weighted by atomic mass is 10.00. The largest absolute Gasteiger partial charge is 0.444 e. The summed E-state index contributed by atoms with van der Waals surface area (Å²) in [6, 6.07) is 1.19. The molecule has 0 aromatic carbocycles. The minimum Gasteiger partial charge on any atom is -0.444 e. The number of likely N-dealkylation sites (tertiary alicyclic amines) is 1. The molecule has 23 heavy (non-hydrogen) atoms. The quantitative estimate of drug-likeness (QED) is 0.864. The summed E-state index contributed by atoms with van der Waals surface area (Å²) in [5.41, 5.74) is -0.405. The standard InChI is InChI=1S/C18H32N2O3/c1-5-6-13-9-12(7-8-22-13)19-16-14-10-20(11-15(14)16)17(21)23-18(2,3)4/h12-16,19H,5-11H2,1-4H3. The zero-order valence-electron chi connectivity index (χ0n) is 15.0. The maximum atomic E-state index is 12.1. The van der Waals surface area contributed by atoms with Crippen molar-refractivity contribution in [1.82, 2.24) is 10.2 Å². The molecule has 0 radical (unpaired) electrons.